The van der Waals surface area contributed by atoms with Gasteiger partial charge in [0, 0.05) is 24.3 Å². The number of nitrogens with zero attached hydrogens (tertiary/aromatic N) is 1. The summed E-state index contributed by atoms with van der Waals surface area (Å²) in [5.74, 6) is 0. The number of rotatable bonds is 3. The number of morpholine rings is 1. The first kappa shape index (κ1) is 13.4. The Hall–Kier alpha value is -1.06. The van der Waals surface area contributed by atoms with Gasteiger partial charge in [-0.05, 0) is 38.8 Å². The highest BCUT2D eigenvalue weighted by molar-refractivity contribution is 5.56. The molecule has 2 N–H and O–H groups in total. The quantitative estimate of drug-likeness (QED) is 0.890. The second-order valence-corrected chi connectivity index (χ2v) is 5.43. The molecule has 0 aromatic heterocycles. The molecule has 1 fully saturated rings. The molecule has 0 aliphatic carbocycles. The zero-order chi connectivity index (χ0) is 13.1. The Kier molecular flexibility index (Phi) is 4.25. The van der Waals surface area contributed by atoms with E-state index in [0.29, 0.717) is 6.04 Å². The molecule has 1 aliphatic heterocycles. The minimum Gasteiger partial charge on any atom is -0.377 e. The number of benzene rings is 1. The van der Waals surface area contributed by atoms with Gasteiger partial charge in [-0.1, -0.05) is 17.7 Å². The van der Waals surface area contributed by atoms with Crippen LogP contribution >= 0.6 is 0 Å². The molecular formula is C15H24N2O. The number of anilines is 1. The van der Waals surface area contributed by atoms with Crippen LogP contribution in [0.2, 0.25) is 0 Å². The Bertz CT molecular complexity index is 403. The Morgan fingerprint density at radius 1 is 1.50 bits per heavy atom. The van der Waals surface area contributed by atoms with Crippen molar-refractivity contribution in [2.24, 2.45) is 5.73 Å². The standard InChI is InChI=1S/C15H24N2O/c1-11-4-5-15(14(8-11)9-12(2)16)17-6-7-18-10-13(17)3/h4-5,8,12-13H,6-7,9-10,16H2,1-3H3. The summed E-state index contributed by atoms with van der Waals surface area (Å²) in [4.78, 5) is 2.45. The van der Waals surface area contributed by atoms with Crippen molar-refractivity contribution in [3.8, 4) is 0 Å². The highest BCUT2D eigenvalue weighted by atomic mass is 16.5. The lowest BCUT2D eigenvalue weighted by atomic mass is 10.0. The summed E-state index contributed by atoms with van der Waals surface area (Å²) in [7, 11) is 0. The van der Waals surface area contributed by atoms with Crippen LogP contribution in [0.4, 0.5) is 5.69 Å². The highest BCUT2D eigenvalue weighted by Crippen LogP contribution is 2.26. The first-order chi connectivity index (χ1) is 8.58. The average Bonchev–Trinajstić information content (AvgIpc) is 2.30. The topological polar surface area (TPSA) is 38.5 Å². The maximum atomic E-state index is 5.96. The second kappa shape index (κ2) is 5.72. The predicted octanol–water partition coefficient (Wildman–Crippen LogP) is 2.11. The molecule has 1 saturated heterocycles. The summed E-state index contributed by atoms with van der Waals surface area (Å²) in [6.07, 6.45) is 0.932. The third-order valence-corrected chi connectivity index (χ3v) is 3.45. The Morgan fingerprint density at radius 3 is 2.94 bits per heavy atom. The first-order valence-electron chi connectivity index (χ1n) is 6.77. The number of ether oxygens (including phenoxy) is 1. The molecule has 3 heteroatoms. The molecule has 1 aliphatic rings. The van der Waals surface area contributed by atoms with Gasteiger partial charge >= 0.3 is 0 Å². The van der Waals surface area contributed by atoms with Crippen molar-refractivity contribution in [1.82, 2.24) is 0 Å². The van der Waals surface area contributed by atoms with Crippen molar-refractivity contribution < 1.29 is 4.74 Å². The molecule has 0 spiro atoms. The molecule has 1 heterocycles. The molecular weight excluding hydrogens is 224 g/mol. The molecule has 100 valence electrons. The minimum atomic E-state index is 0.196. The maximum absolute atomic E-state index is 5.96. The molecule has 0 saturated carbocycles. The van der Waals surface area contributed by atoms with Gasteiger partial charge in [-0.3, -0.25) is 0 Å². The van der Waals surface area contributed by atoms with E-state index in [-0.39, 0.29) is 6.04 Å². The zero-order valence-corrected chi connectivity index (χ0v) is 11.6. The van der Waals surface area contributed by atoms with E-state index in [2.05, 4.69) is 43.9 Å². The molecule has 0 bridgehead atoms. The molecule has 1 aromatic carbocycles. The SMILES string of the molecule is Cc1ccc(N2CCOCC2C)c(CC(C)N)c1. The Labute approximate surface area is 110 Å². The van der Waals surface area contributed by atoms with Gasteiger partial charge in [-0.15, -0.1) is 0 Å². The second-order valence-electron chi connectivity index (χ2n) is 5.43. The van der Waals surface area contributed by atoms with E-state index in [0.717, 1.165) is 26.2 Å². The third-order valence-electron chi connectivity index (χ3n) is 3.45. The van der Waals surface area contributed by atoms with Gasteiger partial charge in [0.05, 0.1) is 13.2 Å². The van der Waals surface area contributed by atoms with E-state index in [1.54, 1.807) is 0 Å². The van der Waals surface area contributed by atoms with Crippen LogP contribution in [-0.2, 0) is 11.2 Å². The van der Waals surface area contributed by atoms with Gasteiger partial charge in [0.1, 0.15) is 0 Å². The summed E-state index contributed by atoms with van der Waals surface area (Å²) < 4.78 is 5.51. The maximum Gasteiger partial charge on any atom is 0.0668 e. The summed E-state index contributed by atoms with van der Waals surface area (Å²) in [6, 6.07) is 7.31. The molecule has 2 unspecified atom stereocenters. The fourth-order valence-electron chi connectivity index (χ4n) is 2.59. The highest BCUT2D eigenvalue weighted by Gasteiger charge is 2.21. The summed E-state index contributed by atoms with van der Waals surface area (Å²) in [5, 5.41) is 0. The first-order valence-corrected chi connectivity index (χ1v) is 6.77. The average molecular weight is 248 g/mol. The number of hydrogen-bond acceptors (Lipinski definition) is 3. The summed E-state index contributed by atoms with van der Waals surface area (Å²) in [6.45, 7) is 9.01. The molecule has 0 amide bonds. The van der Waals surface area contributed by atoms with Crippen molar-refractivity contribution in [2.75, 3.05) is 24.7 Å². The van der Waals surface area contributed by atoms with Crippen LogP contribution in [0.1, 0.15) is 25.0 Å². The normalized spacial score (nSPS) is 22.0. The van der Waals surface area contributed by atoms with E-state index < -0.39 is 0 Å². The molecule has 2 atom stereocenters. The number of nitrogens with two attached hydrogens (primary N) is 1. The lowest BCUT2D eigenvalue weighted by molar-refractivity contribution is 0.0988. The van der Waals surface area contributed by atoms with Gasteiger partial charge in [-0.2, -0.15) is 0 Å². The van der Waals surface area contributed by atoms with Gasteiger partial charge in [0.2, 0.25) is 0 Å². The predicted molar refractivity (Wildman–Crippen MR) is 76.2 cm³/mol. The Balaban J connectivity index is 2.30. The lowest BCUT2D eigenvalue weighted by Crippen LogP contribution is -2.44. The van der Waals surface area contributed by atoms with Crippen LogP contribution in [0.3, 0.4) is 0 Å². The molecule has 1 aromatic rings. The molecule has 2 rings (SSSR count). The van der Waals surface area contributed by atoms with Crippen LogP contribution < -0.4 is 10.6 Å². The summed E-state index contributed by atoms with van der Waals surface area (Å²) >= 11 is 0. The van der Waals surface area contributed by atoms with E-state index in [1.165, 1.54) is 16.8 Å². The van der Waals surface area contributed by atoms with Crippen molar-refractivity contribution in [1.29, 1.82) is 0 Å². The third kappa shape index (κ3) is 3.03. The van der Waals surface area contributed by atoms with Crippen LogP contribution in [0.15, 0.2) is 18.2 Å². The zero-order valence-electron chi connectivity index (χ0n) is 11.6. The van der Waals surface area contributed by atoms with E-state index >= 15 is 0 Å². The van der Waals surface area contributed by atoms with E-state index in [9.17, 15) is 0 Å². The van der Waals surface area contributed by atoms with Crippen molar-refractivity contribution in [2.45, 2.75) is 39.3 Å². The van der Waals surface area contributed by atoms with Crippen LogP contribution in [0, 0.1) is 6.92 Å². The smallest absolute Gasteiger partial charge is 0.0668 e. The largest absolute Gasteiger partial charge is 0.377 e. The lowest BCUT2D eigenvalue weighted by Gasteiger charge is -2.36. The van der Waals surface area contributed by atoms with E-state index in [1.807, 2.05) is 0 Å². The van der Waals surface area contributed by atoms with E-state index in [4.69, 9.17) is 10.5 Å². The van der Waals surface area contributed by atoms with Crippen LogP contribution in [0.5, 0.6) is 0 Å². The van der Waals surface area contributed by atoms with Gasteiger partial charge in [0.25, 0.3) is 0 Å². The van der Waals surface area contributed by atoms with Gasteiger partial charge < -0.3 is 15.4 Å². The monoisotopic (exact) mass is 248 g/mol. The van der Waals surface area contributed by atoms with Crippen molar-refractivity contribution >= 4 is 5.69 Å². The molecule has 0 radical (unpaired) electrons. The molecule has 18 heavy (non-hydrogen) atoms. The number of aryl methyl sites for hydroxylation is 1. The fraction of sp³-hybridized carbons (Fsp3) is 0.600. The minimum absolute atomic E-state index is 0.196. The molecule has 3 nitrogen and oxygen atoms in total. The van der Waals surface area contributed by atoms with Crippen LogP contribution in [-0.4, -0.2) is 31.8 Å². The van der Waals surface area contributed by atoms with Crippen LogP contribution in [0.25, 0.3) is 0 Å². The van der Waals surface area contributed by atoms with Crippen molar-refractivity contribution in [3.63, 3.8) is 0 Å². The van der Waals surface area contributed by atoms with Gasteiger partial charge in [-0.25, -0.2) is 0 Å². The van der Waals surface area contributed by atoms with Crippen molar-refractivity contribution in [3.05, 3.63) is 29.3 Å². The number of hydrogen-bond donors (Lipinski definition) is 1. The summed E-state index contributed by atoms with van der Waals surface area (Å²) in [5.41, 5.74) is 9.95. The Morgan fingerprint density at radius 2 is 2.28 bits per heavy atom. The fourth-order valence-corrected chi connectivity index (χ4v) is 2.59. The van der Waals surface area contributed by atoms with Gasteiger partial charge in [0.15, 0.2) is 0 Å².